The van der Waals surface area contributed by atoms with Crippen LogP contribution in [0.5, 0.6) is 0 Å². The highest BCUT2D eigenvalue weighted by Crippen LogP contribution is 2.31. The Bertz CT molecular complexity index is 1610. The van der Waals surface area contributed by atoms with Crippen molar-refractivity contribution in [1.82, 2.24) is 19.2 Å². The molecule has 1 atom stereocenters. The molecule has 9 nitrogen and oxygen atoms in total. The van der Waals surface area contributed by atoms with Crippen molar-refractivity contribution in [2.75, 3.05) is 0 Å². The number of aromatic nitrogens is 4. The van der Waals surface area contributed by atoms with E-state index in [4.69, 9.17) is 4.74 Å². The first-order valence-electron chi connectivity index (χ1n) is 13.8. The minimum Gasteiger partial charge on any atom is -0.479 e. The predicted octanol–water partition coefficient (Wildman–Crippen LogP) is 4.95. The zero-order chi connectivity index (χ0) is 28.2. The molecular weight excluding hydrogens is 506 g/mol. The topological polar surface area (TPSA) is 123 Å². The number of hydrogen-bond acceptors (Lipinski definition) is 6. The zero-order valence-electron chi connectivity index (χ0n) is 22.8. The SMILES string of the molecule is CCCc1c(Cc2ccc(-c3ccccc3C#N)cc2)c(=O)n([C@H]2CC[C@H](OC(C)C(=O)O)CC2)c2ncnn12. The third-order valence-electron chi connectivity index (χ3n) is 7.76. The zero-order valence-corrected chi connectivity index (χ0v) is 22.8. The molecule has 0 radical (unpaired) electrons. The fourth-order valence-corrected chi connectivity index (χ4v) is 5.70. The number of nitrogens with zero attached hydrogens (tertiary/aromatic N) is 5. The monoisotopic (exact) mass is 539 g/mol. The van der Waals surface area contributed by atoms with Gasteiger partial charge in [0, 0.05) is 18.0 Å². The van der Waals surface area contributed by atoms with E-state index in [-0.39, 0.29) is 17.7 Å². The van der Waals surface area contributed by atoms with Crippen LogP contribution >= 0.6 is 0 Å². The summed E-state index contributed by atoms with van der Waals surface area (Å²) in [4.78, 5) is 29.8. The average molecular weight is 540 g/mol. The van der Waals surface area contributed by atoms with Gasteiger partial charge in [-0.05, 0) is 61.8 Å². The van der Waals surface area contributed by atoms with Gasteiger partial charge in [-0.15, -0.1) is 0 Å². The van der Waals surface area contributed by atoms with Gasteiger partial charge in [-0.1, -0.05) is 55.8 Å². The fraction of sp³-hybridized carbons (Fsp3) is 0.387. The van der Waals surface area contributed by atoms with Gasteiger partial charge in [0.15, 0.2) is 6.10 Å². The number of rotatable bonds is 9. The van der Waals surface area contributed by atoms with Gasteiger partial charge >= 0.3 is 5.97 Å². The molecule has 40 heavy (non-hydrogen) atoms. The molecule has 9 heteroatoms. The van der Waals surface area contributed by atoms with E-state index in [9.17, 15) is 20.0 Å². The summed E-state index contributed by atoms with van der Waals surface area (Å²) in [6, 6.07) is 17.7. The quantitative estimate of drug-likeness (QED) is 0.319. The number of ether oxygens (including phenoxy) is 1. The molecule has 5 rings (SSSR count). The van der Waals surface area contributed by atoms with Crippen LogP contribution in [0.15, 0.2) is 59.7 Å². The van der Waals surface area contributed by atoms with Crippen LogP contribution in [-0.4, -0.2) is 42.4 Å². The van der Waals surface area contributed by atoms with E-state index in [1.165, 1.54) is 6.33 Å². The van der Waals surface area contributed by atoms with Crippen molar-refractivity contribution in [3.8, 4) is 17.2 Å². The van der Waals surface area contributed by atoms with Gasteiger partial charge in [-0.25, -0.2) is 9.31 Å². The van der Waals surface area contributed by atoms with Crippen LogP contribution in [0, 0.1) is 11.3 Å². The Hall–Kier alpha value is -4.29. The molecule has 1 N–H and O–H groups in total. The van der Waals surface area contributed by atoms with Gasteiger partial charge in [-0.2, -0.15) is 15.3 Å². The van der Waals surface area contributed by atoms with Gasteiger partial charge in [0.1, 0.15) is 6.33 Å². The van der Waals surface area contributed by atoms with E-state index < -0.39 is 12.1 Å². The standard InChI is InChI=1S/C31H33N5O4/c1-3-6-28-27(17-21-9-11-22(12-10-21)26-8-5-4-7-23(26)18-32)29(37)35(31-33-19-34-36(28)31)24-13-15-25(16-14-24)40-20(2)30(38)39/h4-5,7-12,19-20,24-25H,3,6,13-17H2,1-2H3,(H,38,39)/t20?,24-,25-. The molecule has 0 aliphatic heterocycles. The molecule has 0 spiro atoms. The van der Waals surface area contributed by atoms with Crippen LogP contribution in [-0.2, 0) is 22.4 Å². The van der Waals surface area contributed by atoms with Crippen molar-refractivity contribution in [3.63, 3.8) is 0 Å². The number of carboxylic acid groups (broad SMARTS) is 1. The normalized spacial score (nSPS) is 17.9. The molecule has 1 saturated carbocycles. The second kappa shape index (κ2) is 11.8. The second-order valence-electron chi connectivity index (χ2n) is 10.4. The summed E-state index contributed by atoms with van der Waals surface area (Å²) >= 11 is 0. The maximum atomic E-state index is 14.1. The summed E-state index contributed by atoms with van der Waals surface area (Å²) in [5.41, 5.74) is 4.99. The lowest BCUT2D eigenvalue weighted by atomic mass is 9.92. The molecule has 2 aromatic carbocycles. The van der Waals surface area contributed by atoms with E-state index in [0.29, 0.717) is 55.4 Å². The van der Waals surface area contributed by atoms with Crippen molar-refractivity contribution in [3.05, 3.63) is 87.6 Å². The molecule has 0 saturated heterocycles. The molecule has 1 aliphatic carbocycles. The number of carbonyl (C=O) groups is 1. The number of aliphatic carboxylic acids is 1. The van der Waals surface area contributed by atoms with E-state index in [1.54, 1.807) is 11.5 Å². The van der Waals surface area contributed by atoms with Crippen molar-refractivity contribution < 1.29 is 14.6 Å². The first-order valence-corrected chi connectivity index (χ1v) is 13.8. The Morgan fingerprint density at radius 1 is 1.15 bits per heavy atom. The Balaban J connectivity index is 1.47. The molecule has 2 aromatic heterocycles. The van der Waals surface area contributed by atoms with Crippen LogP contribution in [0.25, 0.3) is 16.9 Å². The van der Waals surface area contributed by atoms with Crippen LogP contribution in [0.3, 0.4) is 0 Å². The largest absolute Gasteiger partial charge is 0.479 e. The number of hydrogen-bond donors (Lipinski definition) is 1. The number of nitriles is 1. The summed E-state index contributed by atoms with van der Waals surface area (Å²) < 4.78 is 9.31. The molecule has 2 heterocycles. The molecule has 0 bridgehead atoms. The molecule has 1 aliphatic rings. The Morgan fingerprint density at radius 3 is 2.55 bits per heavy atom. The van der Waals surface area contributed by atoms with Gasteiger partial charge < -0.3 is 9.84 Å². The number of benzene rings is 2. The summed E-state index contributed by atoms with van der Waals surface area (Å²) in [6.45, 7) is 3.63. The summed E-state index contributed by atoms with van der Waals surface area (Å²) in [6.07, 6.45) is 5.25. The Morgan fingerprint density at radius 2 is 1.88 bits per heavy atom. The highest BCUT2D eigenvalue weighted by molar-refractivity contribution is 5.71. The first kappa shape index (κ1) is 27.3. The number of fused-ring (bicyclic) bond motifs is 1. The number of carboxylic acids is 1. The maximum Gasteiger partial charge on any atom is 0.332 e. The minimum absolute atomic E-state index is 0.0499. The highest BCUT2D eigenvalue weighted by atomic mass is 16.5. The van der Waals surface area contributed by atoms with Crippen LogP contribution < -0.4 is 5.56 Å². The lowest BCUT2D eigenvalue weighted by Gasteiger charge is -2.31. The van der Waals surface area contributed by atoms with Crippen molar-refractivity contribution in [2.45, 2.75) is 77.0 Å². The molecule has 1 fully saturated rings. The summed E-state index contributed by atoms with van der Waals surface area (Å²) in [7, 11) is 0. The maximum absolute atomic E-state index is 14.1. The smallest absolute Gasteiger partial charge is 0.332 e. The van der Waals surface area contributed by atoms with Crippen LogP contribution in [0.4, 0.5) is 0 Å². The number of aryl methyl sites for hydroxylation is 1. The van der Waals surface area contributed by atoms with E-state index in [1.807, 2.05) is 53.0 Å². The second-order valence-corrected chi connectivity index (χ2v) is 10.4. The van der Waals surface area contributed by atoms with E-state index in [0.717, 1.165) is 28.8 Å². The summed E-state index contributed by atoms with van der Waals surface area (Å²) in [5.74, 6) is -0.425. The third-order valence-corrected chi connectivity index (χ3v) is 7.76. The van der Waals surface area contributed by atoms with Crippen molar-refractivity contribution >= 4 is 11.7 Å². The molecule has 0 amide bonds. The van der Waals surface area contributed by atoms with Crippen LogP contribution in [0.2, 0.25) is 0 Å². The van der Waals surface area contributed by atoms with Crippen molar-refractivity contribution in [2.24, 2.45) is 0 Å². The van der Waals surface area contributed by atoms with Gasteiger partial charge in [0.05, 0.1) is 23.4 Å². The Kier molecular flexibility index (Phi) is 8.08. The third kappa shape index (κ3) is 5.40. The van der Waals surface area contributed by atoms with E-state index in [2.05, 4.69) is 23.1 Å². The lowest BCUT2D eigenvalue weighted by Crippen LogP contribution is -2.36. The summed E-state index contributed by atoms with van der Waals surface area (Å²) in [5, 5.41) is 23.2. The van der Waals surface area contributed by atoms with Gasteiger partial charge in [-0.3, -0.25) is 9.36 Å². The first-order chi connectivity index (χ1) is 19.4. The molecule has 206 valence electrons. The molecule has 4 aromatic rings. The van der Waals surface area contributed by atoms with Crippen LogP contribution in [0.1, 0.15) is 74.4 Å². The lowest BCUT2D eigenvalue weighted by molar-refractivity contribution is -0.154. The highest BCUT2D eigenvalue weighted by Gasteiger charge is 2.29. The Labute approximate surface area is 232 Å². The van der Waals surface area contributed by atoms with Crippen molar-refractivity contribution in [1.29, 1.82) is 5.26 Å². The average Bonchev–Trinajstić information content (AvgIpc) is 3.45. The molecular formula is C31H33N5O4. The minimum atomic E-state index is -0.970. The van der Waals surface area contributed by atoms with E-state index >= 15 is 0 Å². The fourth-order valence-electron chi connectivity index (χ4n) is 5.70. The molecule has 1 unspecified atom stereocenters. The van der Waals surface area contributed by atoms with Gasteiger partial charge in [0.2, 0.25) is 5.78 Å². The predicted molar refractivity (Wildman–Crippen MR) is 150 cm³/mol. The van der Waals surface area contributed by atoms with Gasteiger partial charge in [0.25, 0.3) is 5.56 Å².